The molecule has 3 aliphatic rings. The molecule has 3 rings (SSSR count). The molecule has 5 nitrogen and oxygen atoms in total. The maximum atomic E-state index is 12.7. The second-order valence-electron chi connectivity index (χ2n) is 9.06. The largest absolute Gasteiger partial charge is 0.461 e. The number of likely N-dealkylation sites (tertiary alicyclic amines) is 1. The highest BCUT2D eigenvalue weighted by Crippen LogP contribution is 2.56. The van der Waals surface area contributed by atoms with Crippen molar-refractivity contribution in [3.8, 4) is 0 Å². The van der Waals surface area contributed by atoms with E-state index in [0.717, 1.165) is 19.4 Å². The fourth-order valence-electron chi connectivity index (χ4n) is 5.49. The third-order valence-electron chi connectivity index (χ3n) is 6.63. The number of nitrogens with zero attached hydrogens (tertiary/aromatic N) is 2. The standard InChI is InChI=1S/C20H34N2O3/c1-11(2)21(12(3)4)10-18(23)25-17-8-14-7-15(17)16-9-22(13(5)6)20(24)19(14)16/h11-17,19H,7-10H2,1-6H3. The van der Waals surface area contributed by atoms with E-state index in [1.54, 1.807) is 0 Å². The number of carbonyl (C=O) groups is 2. The third kappa shape index (κ3) is 3.32. The van der Waals surface area contributed by atoms with E-state index in [-0.39, 0.29) is 24.0 Å². The number of rotatable bonds is 6. The van der Waals surface area contributed by atoms with Gasteiger partial charge in [0.25, 0.3) is 0 Å². The summed E-state index contributed by atoms with van der Waals surface area (Å²) in [7, 11) is 0. The quantitative estimate of drug-likeness (QED) is 0.691. The van der Waals surface area contributed by atoms with Gasteiger partial charge in [0, 0.05) is 36.5 Å². The summed E-state index contributed by atoms with van der Waals surface area (Å²) in [6, 6.07) is 0.914. The Morgan fingerprint density at radius 1 is 1.12 bits per heavy atom. The molecule has 1 amide bonds. The molecule has 5 heteroatoms. The first-order chi connectivity index (χ1) is 11.7. The van der Waals surface area contributed by atoms with E-state index in [9.17, 15) is 9.59 Å². The van der Waals surface area contributed by atoms with Gasteiger partial charge < -0.3 is 9.64 Å². The average Bonchev–Trinajstić information content (AvgIpc) is 3.15. The molecule has 1 saturated heterocycles. The van der Waals surface area contributed by atoms with Gasteiger partial charge in [-0.05, 0) is 66.2 Å². The molecule has 0 aromatic rings. The van der Waals surface area contributed by atoms with Crippen LogP contribution in [0.15, 0.2) is 0 Å². The Balaban J connectivity index is 1.60. The van der Waals surface area contributed by atoms with Crippen molar-refractivity contribution in [3.63, 3.8) is 0 Å². The molecule has 1 aliphatic heterocycles. The highest BCUT2D eigenvalue weighted by Gasteiger charge is 2.60. The minimum absolute atomic E-state index is 0.0137. The molecule has 3 fully saturated rings. The predicted octanol–water partition coefficient (Wildman–Crippen LogP) is 2.54. The van der Waals surface area contributed by atoms with Crippen LogP contribution in [0.25, 0.3) is 0 Å². The van der Waals surface area contributed by atoms with Gasteiger partial charge in [-0.25, -0.2) is 0 Å². The smallest absolute Gasteiger partial charge is 0.320 e. The Kier molecular flexibility index (Phi) is 5.16. The molecule has 2 saturated carbocycles. The van der Waals surface area contributed by atoms with E-state index in [1.165, 1.54) is 0 Å². The molecule has 0 aromatic heterocycles. The van der Waals surface area contributed by atoms with Gasteiger partial charge in [0.1, 0.15) is 6.10 Å². The van der Waals surface area contributed by atoms with Gasteiger partial charge in [-0.1, -0.05) is 0 Å². The van der Waals surface area contributed by atoms with Crippen LogP contribution >= 0.6 is 0 Å². The average molecular weight is 351 g/mol. The molecule has 2 bridgehead atoms. The lowest BCUT2D eigenvalue weighted by atomic mass is 9.80. The van der Waals surface area contributed by atoms with Crippen molar-refractivity contribution >= 4 is 11.9 Å². The van der Waals surface area contributed by atoms with Gasteiger partial charge in [-0.3, -0.25) is 14.5 Å². The van der Waals surface area contributed by atoms with Gasteiger partial charge in [-0.15, -0.1) is 0 Å². The number of esters is 1. The summed E-state index contributed by atoms with van der Waals surface area (Å²) >= 11 is 0. The third-order valence-corrected chi connectivity index (χ3v) is 6.63. The summed E-state index contributed by atoms with van der Waals surface area (Å²) in [5, 5.41) is 0. The van der Waals surface area contributed by atoms with E-state index in [4.69, 9.17) is 4.74 Å². The minimum atomic E-state index is -0.110. The van der Waals surface area contributed by atoms with E-state index in [1.807, 2.05) is 4.90 Å². The molecule has 25 heavy (non-hydrogen) atoms. The summed E-state index contributed by atoms with van der Waals surface area (Å²) in [4.78, 5) is 29.3. The highest BCUT2D eigenvalue weighted by molar-refractivity contribution is 5.83. The highest BCUT2D eigenvalue weighted by atomic mass is 16.5. The molecular formula is C20H34N2O3. The van der Waals surface area contributed by atoms with Crippen molar-refractivity contribution in [1.29, 1.82) is 0 Å². The van der Waals surface area contributed by atoms with Gasteiger partial charge >= 0.3 is 5.97 Å². The van der Waals surface area contributed by atoms with Crippen molar-refractivity contribution in [1.82, 2.24) is 9.80 Å². The van der Waals surface area contributed by atoms with Crippen molar-refractivity contribution in [2.24, 2.45) is 23.7 Å². The topological polar surface area (TPSA) is 49.9 Å². The van der Waals surface area contributed by atoms with Crippen LogP contribution in [0, 0.1) is 23.7 Å². The first-order valence-corrected chi connectivity index (χ1v) is 9.96. The number of hydrogen-bond acceptors (Lipinski definition) is 4. The monoisotopic (exact) mass is 350 g/mol. The second kappa shape index (κ2) is 6.90. The van der Waals surface area contributed by atoms with Crippen LogP contribution in [0.3, 0.4) is 0 Å². The molecule has 0 radical (unpaired) electrons. The van der Waals surface area contributed by atoms with E-state index in [0.29, 0.717) is 42.3 Å². The summed E-state index contributed by atoms with van der Waals surface area (Å²) < 4.78 is 5.90. The molecule has 0 aromatic carbocycles. The Morgan fingerprint density at radius 3 is 2.32 bits per heavy atom. The molecule has 142 valence electrons. The minimum Gasteiger partial charge on any atom is -0.461 e. The first-order valence-electron chi connectivity index (χ1n) is 9.96. The molecule has 0 N–H and O–H groups in total. The van der Waals surface area contributed by atoms with Crippen LogP contribution in [0.2, 0.25) is 0 Å². The van der Waals surface area contributed by atoms with Crippen LogP contribution in [0.5, 0.6) is 0 Å². The zero-order valence-corrected chi connectivity index (χ0v) is 16.6. The lowest BCUT2D eigenvalue weighted by molar-refractivity contribution is -0.155. The molecule has 0 spiro atoms. The fourth-order valence-corrected chi connectivity index (χ4v) is 5.49. The number of carbonyl (C=O) groups excluding carboxylic acids is 2. The maximum absolute atomic E-state index is 12.7. The van der Waals surface area contributed by atoms with Crippen molar-refractivity contribution in [2.75, 3.05) is 13.1 Å². The van der Waals surface area contributed by atoms with Gasteiger partial charge in [0.2, 0.25) is 5.91 Å². The van der Waals surface area contributed by atoms with Crippen molar-refractivity contribution in [2.45, 2.75) is 78.6 Å². The number of hydrogen-bond donors (Lipinski definition) is 0. The fraction of sp³-hybridized carbons (Fsp3) is 0.900. The zero-order chi connectivity index (χ0) is 18.5. The van der Waals surface area contributed by atoms with Crippen LogP contribution in [0.4, 0.5) is 0 Å². The van der Waals surface area contributed by atoms with Gasteiger partial charge in [0.15, 0.2) is 0 Å². The van der Waals surface area contributed by atoms with Crippen LogP contribution < -0.4 is 0 Å². The van der Waals surface area contributed by atoms with Crippen molar-refractivity contribution < 1.29 is 14.3 Å². The van der Waals surface area contributed by atoms with Gasteiger partial charge in [-0.2, -0.15) is 0 Å². The molecule has 5 atom stereocenters. The summed E-state index contributed by atoms with van der Waals surface area (Å²) in [5.41, 5.74) is 0. The van der Waals surface area contributed by atoms with E-state index >= 15 is 0 Å². The van der Waals surface area contributed by atoms with Crippen LogP contribution in [-0.4, -0.2) is 59.0 Å². The Labute approximate surface area is 152 Å². The normalized spacial score (nSPS) is 34.1. The maximum Gasteiger partial charge on any atom is 0.320 e. The van der Waals surface area contributed by atoms with E-state index < -0.39 is 0 Å². The SMILES string of the molecule is CC(C)N1CC2C3CC(CC3OC(=O)CN(C(C)C)C(C)C)C2C1=O. The Bertz CT molecular complexity index is 523. The second-order valence-corrected chi connectivity index (χ2v) is 9.06. The van der Waals surface area contributed by atoms with Crippen molar-refractivity contribution in [3.05, 3.63) is 0 Å². The summed E-state index contributed by atoms with van der Waals surface area (Å²) in [6.45, 7) is 13.8. The van der Waals surface area contributed by atoms with Crippen LogP contribution in [0.1, 0.15) is 54.4 Å². The molecule has 1 heterocycles. The molecular weight excluding hydrogens is 316 g/mol. The first kappa shape index (κ1) is 18.7. The summed E-state index contributed by atoms with van der Waals surface area (Å²) in [6.07, 6.45) is 1.95. The zero-order valence-electron chi connectivity index (χ0n) is 16.6. The Hall–Kier alpha value is -1.10. The molecule has 5 unspecified atom stereocenters. The number of ether oxygens (including phenoxy) is 1. The van der Waals surface area contributed by atoms with Gasteiger partial charge in [0.05, 0.1) is 6.54 Å². The van der Waals surface area contributed by atoms with E-state index in [2.05, 4.69) is 46.4 Å². The lowest BCUT2D eigenvalue weighted by Crippen LogP contribution is -2.43. The predicted molar refractivity (Wildman–Crippen MR) is 96.9 cm³/mol. The number of fused-ring (bicyclic) bond motifs is 5. The number of amides is 1. The Morgan fingerprint density at radius 2 is 1.76 bits per heavy atom. The molecule has 2 aliphatic carbocycles. The van der Waals surface area contributed by atoms with Crippen LogP contribution in [-0.2, 0) is 14.3 Å². The summed E-state index contributed by atoms with van der Waals surface area (Å²) in [5.74, 6) is 1.58. The lowest BCUT2D eigenvalue weighted by Gasteiger charge is -2.32.